The molecule has 1 atom stereocenters. The van der Waals surface area contributed by atoms with Gasteiger partial charge in [-0.2, -0.15) is 0 Å². The van der Waals surface area contributed by atoms with Gasteiger partial charge in [-0.1, -0.05) is 0 Å². The summed E-state index contributed by atoms with van der Waals surface area (Å²) < 4.78 is 5.41. The maximum absolute atomic E-state index is 12.2. The van der Waals surface area contributed by atoms with Crippen LogP contribution in [0, 0.1) is 12.8 Å². The fraction of sp³-hybridized carbons (Fsp3) is 0.529. The standard InChI is InChI=1S/C17H22N2O3/c1-12-4-7-15(22-12)8-9-16(20)19-10-2-3-13(11-19)17(21)18-14-5-6-14/h4,7-9,13-14H,2-3,5-6,10-11H2,1H3,(H,18,21)/b9-8+. The molecule has 3 rings (SSSR count). The third kappa shape index (κ3) is 3.78. The predicted octanol–water partition coefficient (Wildman–Crippen LogP) is 2.12. The van der Waals surface area contributed by atoms with Crippen LogP contribution in [0.5, 0.6) is 0 Å². The van der Waals surface area contributed by atoms with Gasteiger partial charge in [0, 0.05) is 25.2 Å². The van der Waals surface area contributed by atoms with E-state index in [0.29, 0.717) is 24.9 Å². The minimum atomic E-state index is -0.0717. The number of furan rings is 1. The number of carbonyl (C=O) groups is 2. The molecule has 1 unspecified atom stereocenters. The van der Waals surface area contributed by atoms with Crippen LogP contribution >= 0.6 is 0 Å². The minimum Gasteiger partial charge on any atom is -0.462 e. The molecule has 2 heterocycles. The number of carbonyl (C=O) groups excluding carboxylic acids is 2. The molecule has 1 aromatic heterocycles. The van der Waals surface area contributed by atoms with Crippen LogP contribution in [0.2, 0.25) is 0 Å². The Morgan fingerprint density at radius 1 is 1.32 bits per heavy atom. The molecule has 1 aliphatic heterocycles. The molecule has 0 spiro atoms. The number of hydrogen-bond donors (Lipinski definition) is 1. The molecule has 2 fully saturated rings. The van der Waals surface area contributed by atoms with Crippen LogP contribution in [0.25, 0.3) is 6.08 Å². The van der Waals surface area contributed by atoms with Crippen LogP contribution < -0.4 is 5.32 Å². The van der Waals surface area contributed by atoms with Gasteiger partial charge in [0.1, 0.15) is 11.5 Å². The van der Waals surface area contributed by atoms with Crippen LogP contribution in [-0.2, 0) is 9.59 Å². The van der Waals surface area contributed by atoms with E-state index in [1.165, 1.54) is 6.08 Å². The molecule has 22 heavy (non-hydrogen) atoms. The number of aryl methyl sites for hydroxylation is 1. The van der Waals surface area contributed by atoms with E-state index < -0.39 is 0 Å². The second-order valence-electron chi connectivity index (χ2n) is 6.19. The Morgan fingerprint density at radius 3 is 2.82 bits per heavy atom. The molecule has 0 aromatic carbocycles. The Kier molecular flexibility index (Phi) is 4.32. The molecule has 5 nitrogen and oxygen atoms in total. The van der Waals surface area contributed by atoms with E-state index in [1.54, 1.807) is 11.0 Å². The molecule has 0 radical (unpaired) electrons. The summed E-state index contributed by atoms with van der Waals surface area (Å²) in [6.07, 6.45) is 7.13. The zero-order chi connectivity index (χ0) is 15.5. The lowest BCUT2D eigenvalue weighted by atomic mass is 9.97. The lowest BCUT2D eigenvalue weighted by Gasteiger charge is -2.31. The number of rotatable bonds is 4. The number of nitrogens with one attached hydrogen (secondary N) is 1. The first-order chi connectivity index (χ1) is 10.6. The van der Waals surface area contributed by atoms with E-state index in [-0.39, 0.29) is 17.7 Å². The largest absolute Gasteiger partial charge is 0.462 e. The highest BCUT2D eigenvalue weighted by Crippen LogP contribution is 2.22. The van der Waals surface area contributed by atoms with E-state index in [2.05, 4.69) is 5.32 Å². The monoisotopic (exact) mass is 302 g/mol. The Morgan fingerprint density at radius 2 is 2.14 bits per heavy atom. The summed E-state index contributed by atoms with van der Waals surface area (Å²) in [6.45, 7) is 3.10. The molecule has 1 N–H and O–H groups in total. The van der Waals surface area contributed by atoms with Gasteiger partial charge in [0.05, 0.1) is 5.92 Å². The van der Waals surface area contributed by atoms with E-state index >= 15 is 0 Å². The maximum Gasteiger partial charge on any atom is 0.246 e. The summed E-state index contributed by atoms with van der Waals surface area (Å²) in [5.41, 5.74) is 0. The Bertz CT molecular complexity index is 586. The van der Waals surface area contributed by atoms with Gasteiger partial charge in [0.25, 0.3) is 0 Å². The summed E-state index contributed by atoms with van der Waals surface area (Å²) in [4.78, 5) is 26.1. The van der Waals surface area contributed by atoms with Crippen molar-refractivity contribution in [2.24, 2.45) is 5.92 Å². The van der Waals surface area contributed by atoms with Gasteiger partial charge in [-0.05, 0) is 50.8 Å². The molecule has 1 aliphatic carbocycles. The molecular weight excluding hydrogens is 280 g/mol. The SMILES string of the molecule is Cc1ccc(/C=C/C(=O)N2CCCC(C(=O)NC3CC3)C2)o1. The van der Waals surface area contributed by atoms with E-state index in [9.17, 15) is 9.59 Å². The fourth-order valence-corrected chi connectivity index (χ4v) is 2.74. The number of likely N-dealkylation sites (tertiary alicyclic amines) is 1. The number of piperidine rings is 1. The molecule has 2 amide bonds. The molecule has 1 aromatic rings. The van der Waals surface area contributed by atoms with Gasteiger partial charge < -0.3 is 14.6 Å². The molecule has 5 heteroatoms. The topological polar surface area (TPSA) is 62.6 Å². The molecule has 1 saturated heterocycles. The van der Waals surface area contributed by atoms with Crippen molar-refractivity contribution in [2.45, 2.75) is 38.6 Å². The second kappa shape index (κ2) is 6.38. The lowest BCUT2D eigenvalue weighted by Crippen LogP contribution is -2.45. The van der Waals surface area contributed by atoms with Crippen molar-refractivity contribution in [3.63, 3.8) is 0 Å². The summed E-state index contributed by atoms with van der Waals surface area (Å²) in [5.74, 6) is 1.47. The molecule has 118 valence electrons. The van der Waals surface area contributed by atoms with Crippen molar-refractivity contribution >= 4 is 17.9 Å². The van der Waals surface area contributed by atoms with Crippen molar-refractivity contribution in [3.05, 3.63) is 29.7 Å². The van der Waals surface area contributed by atoms with Gasteiger partial charge in [-0.3, -0.25) is 9.59 Å². The summed E-state index contributed by atoms with van der Waals surface area (Å²) in [6, 6.07) is 4.07. The van der Waals surface area contributed by atoms with E-state index in [1.807, 2.05) is 19.1 Å². The first-order valence-electron chi connectivity index (χ1n) is 7.95. The first-order valence-corrected chi connectivity index (χ1v) is 7.95. The summed E-state index contributed by atoms with van der Waals surface area (Å²) in [7, 11) is 0. The molecule has 1 saturated carbocycles. The highest BCUT2D eigenvalue weighted by Gasteiger charge is 2.31. The van der Waals surface area contributed by atoms with Crippen LogP contribution in [0.3, 0.4) is 0 Å². The maximum atomic E-state index is 12.2. The van der Waals surface area contributed by atoms with Crippen LogP contribution in [0.1, 0.15) is 37.2 Å². The highest BCUT2D eigenvalue weighted by molar-refractivity contribution is 5.92. The number of amides is 2. The third-order valence-corrected chi connectivity index (χ3v) is 4.18. The van der Waals surface area contributed by atoms with Crippen molar-refractivity contribution in [1.82, 2.24) is 10.2 Å². The zero-order valence-electron chi connectivity index (χ0n) is 12.9. The Balaban J connectivity index is 1.55. The highest BCUT2D eigenvalue weighted by atomic mass is 16.3. The average Bonchev–Trinajstić information content (AvgIpc) is 3.24. The van der Waals surface area contributed by atoms with Crippen molar-refractivity contribution in [1.29, 1.82) is 0 Å². The van der Waals surface area contributed by atoms with Crippen molar-refractivity contribution < 1.29 is 14.0 Å². The van der Waals surface area contributed by atoms with E-state index in [4.69, 9.17) is 4.42 Å². The first kappa shape index (κ1) is 14.9. The van der Waals surface area contributed by atoms with Crippen molar-refractivity contribution in [2.75, 3.05) is 13.1 Å². The van der Waals surface area contributed by atoms with Gasteiger partial charge in [-0.15, -0.1) is 0 Å². The third-order valence-electron chi connectivity index (χ3n) is 4.18. The Hall–Kier alpha value is -2.04. The van der Waals surface area contributed by atoms with E-state index in [0.717, 1.165) is 31.4 Å². The normalized spacial score (nSPS) is 22.0. The smallest absolute Gasteiger partial charge is 0.246 e. The second-order valence-corrected chi connectivity index (χ2v) is 6.19. The fourth-order valence-electron chi connectivity index (χ4n) is 2.74. The van der Waals surface area contributed by atoms with Crippen molar-refractivity contribution in [3.8, 4) is 0 Å². The summed E-state index contributed by atoms with van der Waals surface area (Å²) >= 11 is 0. The number of nitrogens with zero attached hydrogens (tertiary/aromatic N) is 1. The zero-order valence-corrected chi connectivity index (χ0v) is 12.9. The number of hydrogen-bond acceptors (Lipinski definition) is 3. The van der Waals surface area contributed by atoms with Gasteiger partial charge in [0.15, 0.2) is 0 Å². The molecular formula is C17H22N2O3. The average molecular weight is 302 g/mol. The van der Waals surface area contributed by atoms with Crippen LogP contribution in [-0.4, -0.2) is 35.8 Å². The lowest BCUT2D eigenvalue weighted by molar-refractivity contribution is -0.132. The molecule has 2 aliphatic rings. The van der Waals surface area contributed by atoms with Crippen LogP contribution in [0.4, 0.5) is 0 Å². The molecule has 0 bridgehead atoms. The Labute approximate surface area is 130 Å². The van der Waals surface area contributed by atoms with Crippen LogP contribution in [0.15, 0.2) is 22.6 Å². The minimum absolute atomic E-state index is 0.0574. The predicted molar refractivity (Wildman–Crippen MR) is 82.9 cm³/mol. The summed E-state index contributed by atoms with van der Waals surface area (Å²) in [5, 5.41) is 3.03. The van der Waals surface area contributed by atoms with Gasteiger partial charge >= 0.3 is 0 Å². The quantitative estimate of drug-likeness (QED) is 0.867. The van der Waals surface area contributed by atoms with Gasteiger partial charge in [-0.25, -0.2) is 0 Å². The van der Waals surface area contributed by atoms with Gasteiger partial charge in [0.2, 0.25) is 11.8 Å².